The number of nitrogens with one attached hydrogen (secondary N) is 1. The zero-order chi connectivity index (χ0) is 12.3. The lowest BCUT2D eigenvalue weighted by Crippen LogP contribution is -2.04. The number of anilines is 1. The van der Waals surface area contributed by atoms with Crippen LogP contribution in [0.2, 0.25) is 0 Å². The van der Waals surface area contributed by atoms with Crippen molar-refractivity contribution in [2.75, 3.05) is 11.9 Å². The molecular weight excluding hydrogens is 284 g/mol. The number of hydrogen-bond acceptors (Lipinski definition) is 5. The van der Waals surface area contributed by atoms with Crippen molar-refractivity contribution in [1.29, 1.82) is 0 Å². The van der Waals surface area contributed by atoms with Crippen LogP contribution < -0.4 is 5.32 Å². The van der Waals surface area contributed by atoms with Gasteiger partial charge in [0.25, 0.3) is 0 Å². The minimum atomic E-state index is 0.668. The van der Waals surface area contributed by atoms with Gasteiger partial charge in [0, 0.05) is 13.6 Å². The van der Waals surface area contributed by atoms with E-state index >= 15 is 0 Å². The third-order valence-electron chi connectivity index (χ3n) is 2.22. The number of hydrogen-bond donors (Lipinski definition) is 1. The van der Waals surface area contributed by atoms with Gasteiger partial charge in [0.2, 0.25) is 0 Å². The van der Waals surface area contributed by atoms with Gasteiger partial charge in [0.1, 0.15) is 17.2 Å². The average Bonchev–Trinajstić information content (AvgIpc) is 2.67. The zero-order valence-electron chi connectivity index (χ0n) is 9.68. The summed E-state index contributed by atoms with van der Waals surface area (Å²) in [7, 11) is 1.82. The van der Waals surface area contributed by atoms with Gasteiger partial charge in [-0.2, -0.15) is 0 Å². The van der Waals surface area contributed by atoms with Crippen LogP contribution in [0.3, 0.4) is 0 Å². The van der Waals surface area contributed by atoms with Crippen molar-refractivity contribution in [2.45, 2.75) is 13.3 Å². The van der Waals surface area contributed by atoms with E-state index in [1.165, 1.54) is 0 Å². The number of aromatic nitrogens is 5. The molecule has 0 aliphatic rings. The smallest absolute Gasteiger partial charge is 0.157 e. The van der Waals surface area contributed by atoms with Gasteiger partial charge in [0.15, 0.2) is 4.60 Å². The lowest BCUT2D eigenvalue weighted by atomic mass is 10.3. The zero-order valence-corrected chi connectivity index (χ0v) is 11.3. The molecule has 6 nitrogen and oxygen atoms in total. The van der Waals surface area contributed by atoms with Gasteiger partial charge < -0.3 is 5.32 Å². The molecule has 0 spiro atoms. The van der Waals surface area contributed by atoms with E-state index in [4.69, 9.17) is 0 Å². The molecule has 0 atom stereocenters. The molecule has 0 aliphatic heterocycles. The Morgan fingerprint density at radius 3 is 2.88 bits per heavy atom. The van der Waals surface area contributed by atoms with Crippen molar-refractivity contribution in [1.82, 2.24) is 25.0 Å². The molecule has 0 bridgehead atoms. The summed E-state index contributed by atoms with van der Waals surface area (Å²) in [5.74, 6) is 0.762. The molecule has 0 aromatic carbocycles. The predicted octanol–water partition coefficient (Wildman–Crippen LogP) is 1.86. The molecular formula is C10H13BrN6. The first-order valence-electron chi connectivity index (χ1n) is 5.34. The summed E-state index contributed by atoms with van der Waals surface area (Å²) >= 11 is 3.35. The summed E-state index contributed by atoms with van der Waals surface area (Å²) in [6, 6.07) is 0. The molecule has 0 aliphatic carbocycles. The molecule has 1 N–H and O–H groups in total. The van der Waals surface area contributed by atoms with Gasteiger partial charge in [0.05, 0.1) is 12.4 Å². The molecule has 0 saturated heterocycles. The normalized spacial score (nSPS) is 10.5. The Morgan fingerprint density at radius 2 is 2.24 bits per heavy atom. The number of aryl methyl sites for hydroxylation is 1. The summed E-state index contributed by atoms with van der Waals surface area (Å²) in [5.41, 5.74) is 1.56. The molecule has 2 aromatic heterocycles. The van der Waals surface area contributed by atoms with Crippen LogP contribution in [0.4, 0.5) is 5.82 Å². The van der Waals surface area contributed by atoms with Gasteiger partial charge in [-0.25, -0.2) is 9.67 Å². The Morgan fingerprint density at radius 1 is 1.41 bits per heavy atom. The summed E-state index contributed by atoms with van der Waals surface area (Å²) in [5, 5.41) is 11.0. The summed E-state index contributed by atoms with van der Waals surface area (Å²) in [6.45, 7) is 2.98. The highest BCUT2D eigenvalue weighted by molar-refractivity contribution is 9.10. The average molecular weight is 297 g/mol. The van der Waals surface area contributed by atoms with Crippen LogP contribution >= 0.6 is 15.9 Å². The van der Waals surface area contributed by atoms with Crippen LogP contribution in [0.5, 0.6) is 0 Å². The van der Waals surface area contributed by atoms with E-state index in [-0.39, 0.29) is 0 Å². The number of nitrogens with zero attached hydrogens (tertiary/aromatic N) is 5. The maximum atomic E-state index is 4.47. The molecule has 0 fully saturated rings. The minimum Gasteiger partial charge on any atom is -0.369 e. The molecule has 7 heteroatoms. The topological polar surface area (TPSA) is 68.5 Å². The van der Waals surface area contributed by atoms with Gasteiger partial charge in [-0.3, -0.25) is 4.98 Å². The fourth-order valence-electron chi connectivity index (χ4n) is 1.42. The van der Waals surface area contributed by atoms with Crippen molar-refractivity contribution < 1.29 is 0 Å². The highest BCUT2D eigenvalue weighted by Gasteiger charge is 2.12. The second-order valence-electron chi connectivity index (χ2n) is 3.57. The maximum absolute atomic E-state index is 4.47. The van der Waals surface area contributed by atoms with E-state index < -0.39 is 0 Å². The van der Waals surface area contributed by atoms with Gasteiger partial charge >= 0.3 is 0 Å². The van der Waals surface area contributed by atoms with Gasteiger partial charge in [-0.1, -0.05) is 12.1 Å². The first-order chi connectivity index (χ1) is 8.22. The molecule has 2 rings (SSSR count). The summed E-state index contributed by atoms with van der Waals surface area (Å²) < 4.78 is 2.33. The minimum absolute atomic E-state index is 0.668. The van der Waals surface area contributed by atoms with Crippen molar-refractivity contribution in [3.8, 4) is 11.4 Å². The van der Waals surface area contributed by atoms with E-state index in [1.807, 2.05) is 7.05 Å². The first kappa shape index (κ1) is 12.0. The standard InChI is InChI=1S/C10H13BrN6/c1-3-4-13-8-6-12-5-7(14-8)9-10(11)15-16-17(9)2/h5-6H,3-4H2,1-2H3,(H,13,14). The third-order valence-corrected chi connectivity index (χ3v) is 2.75. The molecule has 90 valence electrons. The Kier molecular flexibility index (Phi) is 3.68. The van der Waals surface area contributed by atoms with E-state index in [9.17, 15) is 0 Å². The van der Waals surface area contributed by atoms with E-state index in [2.05, 4.69) is 48.5 Å². The van der Waals surface area contributed by atoms with Gasteiger partial charge in [-0.05, 0) is 22.4 Å². The van der Waals surface area contributed by atoms with E-state index in [1.54, 1.807) is 17.1 Å². The molecule has 2 aromatic rings. The Hall–Kier alpha value is -1.50. The Labute approximate surface area is 108 Å². The molecule has 0 saturated carbocycles. The third kappa shape index (κ3) is 2.60. The fourth-order valence-corrected chi connectivity index (χ4v) is 1.95. The lowest BCUT2D eigenvalue weighted by Gasteiger charge is -2.05. The largest absolute Gasteiger partial charge is 0.369 e. The van der Waals surface area contributed by atoms with E-state index in [0.717, 1.165) is 30.2 Å². The molecule has 0 unspecified atom stereocenters. The molecule has 0 radical (unpaired) electrons. The van der Waals surface area contributed by atoms with Crippen molar-refractivity contribution in [3.63, 3.8) is 0 Å². The quantitative estimate of drug-likeness (QED) is 0.933. The highest BCUT2D eigenvalue weighted by atomic mass is 79.9. The number of rotatable bonds is 4. The monoisotopic (exact) mass is 296 g/mol. The SMILES string of the molecule is CCCNc1cncc(-c2c(Br)nnn2C)n1. The predicted molar refractivity (Wildman–Crippen MR) is 68.5 cm³/mol. The van der Waals surface area contributed by atoms with Crippen LogP contribution in [0.15, 0.2) is 17.0 Å². The number of halogens is 1. The fraction of sp³-hybridized carbons (Fsp3) is 0.400. The Balaban J connectivity index is 2.33. The van der Waals surface area contributed by atoms with Gasteiger partial charge in [-0.15, -0.1) is 5.10 Å². The van der Waals surface area contributed by atoms with Crippen LogP contribution in [-0.4, -0.2) is 31.5 Å². The van der Waals surface area contributed by atoms with Crippen LogP contribution in [-0.2, 0) is 7.05 Å². The summed E-state index contributed by atoms with van der Waals surface area (Å²) in [4.78, 5) is 8.63. The van der Waals surface area contributed by atoms with E-state index in [0.29, 0.717) is 4.60 Å². The van der Waals surface area contributed by atoms with Crippen LogP contribution in [0.1, 0.15) is 13.3 Å². The summed E-state index contributed by atoms with van der Waals surface area (Å²) in [6.07, 6.45) is 4.44. The highest BCUT2D eigenvalue weighted by Crippen LogP contribution is 2.23. The second kappa shape index (κ2) is 5.22. The van der Waals surface area contributed by atoms with Crippen molar-refractivity contribution in [3.05, 3.63) is 17.0 Å². The van der Waals surface area contributed by atoms with Crippen LogP contribution in [0.25, 0.3) is 11.4 Å². The second-order valence-corrected chi connectivity index (χ2v) is 4.32. The van der Waals surface area contributed by atoms with Crippen molar-refractivity contribution in [2.24, 2.45) is 7.05 Å². The molecule has 2 heterocycles. The van der Waals surface area contributed by atoms with Crippen LogP contribution in [0, 0.1) is 0 Å². The first-order valence-corrected chi connectivity index (χ1v) is 6.13. The molecule has 17 heavy (non-hydrogen) atoms. The maximum Gasteiger partial charge on any atom is 0.157 e. The lowest BCUT2D eigenvalue weighted by molar-refractivity contribution is 0.718. The Bertz CT molecular complexity index is 490. The molecule has 0 amide bonds. The van der Waals surface area contributed by atoms with Crippen molar-refractivity contribution >= 4 is 21.7 Å².